The smallest absolute Gasteiger partial charge is 0 e. The van der Waals surface area contributed by atoms with Crippen LogP contribution in [0.1, 0.15) is 0 Å². The van der Waals surface area contributed by atoms with Gasteiger partial charge in [-0.2, -0.15) is 36.4 Å². The molecule has 0 amide bonds. The molecule has 0 nitrogen and oxygen atoms in total. The summed E-state index contributed by atoms with van der Waals surface area (Å²) in [4.78, 5) is 0. The summed E-state index contributed by atoms with van der Waals surface area (Å²) in [7, 11) is 0. The van der Waals surface area contributed by atoms with Crippen molar-refractivity contribution in [2.24, 2.45) is 0 Å². The van der Waals surface area contributed by atoms with Gasteiger partial charge in [0.1, 0.15) is 0 Å². The normalized spacial score (nSPS) is 6.00. The zero-order valence-electron chi connectivity index (χ0n) is 5.96. The summed E-state index contributed by atoms with van der Waals surface area (Å²) in [5, 5.41) is 0. The van der Waals surface area contributed by atoms with Gasteiger partial charge in [0.15, 0.2) is 0 Å². The Morgan fingerprint density at radius 2 is 1.60 bits per heavy atom. The van der Waals surface area contributed by atoms with E-state index >= 15 is 0 Å². The minimum atomic E-state index is 0. The van der Waals surface area contributed by atoms with Gasteiger partial charge in [-0.3, -0.25) is 0 Å². The number of hydrogen-bond acceptors (Lipinski definition) is 0. The van der Waals surface area contributed by atoms with E-state index in [4.69, 9.17) is 0 Å². The third-order valence-corrected chi connectivity index (χ3v) is 0.607. The van der Waals surface area contributed by atoms with Gasteiger partial charge in [0.2, 0.25) is 0 Å². The van der Waals surface area contributed by atoms with Crippen LogP contribution in [0.2, 0.25) is 0 Å². The maximum absolute atomic E-state index is 3.25. The fourth-order valence-electron chi connectivity index (χ4n) is 0.342. The molecule has 0 aliphatic carbocycles. The van der Waals surface area contributed by atoms with Crippen LogP contribution < -0.4 is 0 Å². The Hall–Kier alpha value is -0.0661. The molecule has 0 aliphatic rings. The first-order valence-electron chi connectivity index (χ1n) is 2.73. The number of hydrogen-bond donors (Lipinski definition) is 0. The molecule has 51 valence electrons. The molecule has 0 unspecified atom stereocenters. The Morgan fingerprint density at radius 3 is 1.70 bits per heavy atom. The van der Waals surface area contributed by atoms with E-state index in [1.54, 1.807) is 0 Å². The first-order chi connectivity index (χ1) is 4.41. The average Bonchev–Trinajstić information content (AvgIpc) is 1.93. The first kappa shape index (κ1) is 12.6. The number of benzene rings is 1. The SMILES string of the molecule is C=C[CH2-].[Y].[c-]1ccccc1. The molecule has 0 N–H and O–H groups in total. The van der Waals surface area contributed by atoms with Crippen molar-refractivity contribution in [2.45, 2.75) is 0 Å². The van der Waals surface area contributed by atoms with Gasteiger partial charge in [0, 0.05) is 32.7 Å². The summed E-state index contributed by atoms with van der Waals surface area (Å²) in [6.45, 7) is 6.50. The predicted octanol–water partition coefficient (Wildman–Crippen LogP) is 2.49. The van der Waals surface area contributed by atoms with Crippen LogP contribution in [0, 0.1) is 13.0 Å². The zero-order valence-corrected chi connectivity index (χ0v) is 8.79. The van der Waals surface area contributed by atoms with Crippen LogP contribution in [0.3, 0.4) is 0 Å². The molecule has 0 aliphatic heterocycles. The van der Waals surface area contributed by atoms with Gasteiger partial charge in [0.05, 0.1) is 0 Å². The minimum Gasteiger partial charge on any atom is -0.245 e. The van der Waals surface area contributed by atoms with E-state index in [9.17, 15) is 0 Å². The second kappa shape index (κ2) is 11.7. The van der Waals surface area contributed by atoms with E-state index in [2.05, 4.69) is 19.6 Å². The van der Waals surface area contributed by atoms with Crippen molar-refractivity contribution >= 4 is 0 Å². The predicted molar refractivity (Wildman–Crippen MR) is 40.8 cm³/mol. The molecule has 10 heavy (non-hydrogen) atoms. The topological polar surface area (TPSA) is 0 Å². The van der Waals surface area contributed by atoms with Crippen molar-refractivity contribution < 1.29 is 32.7 Å². The molecule has 1 aromatic rings. The van der Waals surface area contributed by atoms with Gasteiger partial charge in [-0.05, 0) is 0 Å². The van der Waals surface area contributed by atoms with Gasteiger partial charge < -0.3 is 0 Å². The van der Waals surface area contributed by atoms with E-state index in [0.29, 0.717) is 0 Å². The monoisotopic (exact) mass is 207 g/mol. The molecule has 0 atom stereocenters. The van der Waals surface area contributed by atoms with Crippen LogP contribution in [-0.2, 0) is 32.7 Å². The summed E-state index contributed by atoms with van der Waals surface area (Å²) in [6, 6.07) is 12.5. The number of rotatable bonds is 0. The average molecular weight is 207 g/mol. The molecule has 0 bridgehead atoms. The third-order valence-electron chi connectivity index (χ3n) is 0.607. The second-order valence-corrected chi connectivity index (χ2v) is 1.37. The maximum atomic E-state index is 3.25. The molecule has 0 saturated carbocycles. The molecular weight excluding hydrogens is 197 g/mol. The minimum absolute atomic E-state index is 0. The van der Waals surface area contributed by atoms with Gasteiger partial charge in [-0.1, -0.05) is 0 Å². The van der Waals surface area contributed by atoms with Crippen molar-refractivity contribution in [3.05, 3.63) is 56.0 Å². The van der Waals surface area contributed by atoms with Crippen molar-refractivity contribution in [2.75, 3.05) is 0 Å². The molecule has 1 aromatic carbocycles. The fraction of sp³-hybridized carbons (Fsp3) is 0. The number of allylic oxidation sites excluding steroid dienone is 1. The van der Waals surface area contributed by atoms with Crippen LogP contribution in [0.4, 0.5) is 0 Å². The van der Waals surface area contributed by atoms with Crippen LogP contribution in [0.15, 0.2) is 43.0 Å². The van der Waals surface area contributed by atoms with Crippen LogP contribution in [0.5, 0.6) is 0 Å². The molecule has 0 spiro atoms. The third kappa shape index (κ3) is 10.8. The van der Waals surface area contributed by atoms with E-state index in [0.717, 1.165) is 0 Å². The molecular formula is C9H10Y-2. The van der Waals surface area contributed by atoms with Crippen molar-refractivity contribution in [3.8, 4) is 0 Å². The van der Waals surface area contributed by atoms with E-state index in [1.165, 1.54) is 6.08 Å². The molecule has 0 heterocycles. The Morgan fingerprint density at radius 1 is 1.20 bits per heavy atom. The molecule has 1 rings (SSSR count). The first-order valence-corrected chi connectivity index (χ1v) is 2.73. The van der Waals surface area contributed by atoms with E-state index < -0.39 is 0 Å². The van der Waals surface area contributed by atoms with E-state index in [-0.39, 0.29) is 32.7 Å². The molecule has 0 aromatic heterocycles. The van der Waals surface area contributed by atoms with Gasteiger partial charge in [-0.25, -0.2) is 19.6 Å². The largest absolute Gasteiger partial charge is 0.245 e. The summed E-state index contributed by atoms with van der Waals surface area (Å²) >= 11 is 0. The molecule has 0 saturated heterocycles. The summed E-state index contributed by atoms with van der Waals surface area (Å²) in [5.74, 6) is 0. The van der Waals surface area contributed by atoms with Gasteiger partial charge >= 0.3 is 0 Å². The Kier molecular flexibility index (Phi) is 14.7. The summed E-state index contributed by atoms with van der Waals surface area (Å²) < 4.78 is 0. The molecule has 1 radical (unpaired) electrons. The van der Waals surface area contributed by atoms with Crippen LogP contribution in [0.25, 0.3) is 0 Å². The van der Waals surface area contributed by atoms with Crippen LogP contribution in [-0.4, -0.2) is 0 Å². The van der Waals surface area contributed by atoms with Crippen molar-refractivity contribution in [1.29, 1.82) is 0 Å². The standard InChI is InChI=1S/C6H5.C3H5.Y/c1-2-4-6-5-3-1;1-3-2;/h1-5H;3H,1-2H2;/q2*-1;. The quantitative estimate of drug-likeness (QED) is 0.573. The maximum Gasteiger partial charge on any atom is 0 e. The van der Waals surface area contributed by atoms with Gasteiger partial charge in [0.25, 0.3) is 0 Å². The van der Waals surface area contributed by atoms with Crippen molar-refractivity contribution in [3.63, 3.8) is 0 Å². The molecule has 0 fully saturated rings. The Labute approximate surface area is 88.2 Å². The zero-order chi connectivity index (χ0) is 6.95. The van der Waals surface area contributed by atoms with Gasteiger partial charge in [-0.15, -0.1) is 0 Å². The fourth-order valence-corrected chi connectivity index (χ4v) is 0.342. The Bertz CT molecular complexity index is 108. The van der Waals surface area contributed by atoms with Crippen molar-refractivity contribution in [1.82, 2.24) is 0 Å². The Balaban J connectivity index is 0. The van der Waals surface area contributed by atoms with E-state index in [1.807, 2.05) is 30.3 Å². The molecule has 1 heteroatoms. The summed E-state index contributed by atoms with van der Waals surface area (Å²) in [6.07, 6.45) is 1.50. The second-order valence-electron chi connectivity index (χ2n) is 1.37. The van der Waals surface area contributed by atoms with Crippen LogP contribution >= 0.6 is 0 Å². The summed E-state index contributed by atoms with van der Waals surface area (Å²) in [5.41, 5.74) is 0.